The lowest BCUT2D eigenvalue weighted by atomic mass is 9.99. The summed E-state index contributed by atoms with van der Waals surface area (Å²) < 4.78 is 4.96. The van der Waals surface area contributed by atoms with Crippen LogP contribution in [-0.2, 0) is 5.60 Å². The summed E-state index contributed by atoms with van der Waals surface area (Å²) in [6.07, 6.45) is 1.44. The molecule has 1 unspecified atom stereocenters. The third-order valence-electron chi connectivity index (χ3n) is 2.48. The first-order valence-electron chi connectivity index (χ1n) is 5.16. The molecule has 17 heavy (non-hydrogen) atoms. The smallest absolute Gasteiger partial charge is 0.287 e. The summed E-state index contributed by atoms with van der Waals surface area (Å²) in [6.45, 7) is 1.81. The lowest BCUT2D eigenvalue weighted by Gasteiger charge is -2.22. The van der Waals surface area contributed by atoms with Crippen LogP contribution < -0.4 is 5.32 Å². The third-order valence-corrected chi connectivity index (χ3v) is 3.16. The first kappa shape index (κ1) is 11.9. The molecule has 0 saturated carbocycles. The Bertz CT molecular complexity index is 474. The van der Waals surface area contributed by atoms with Crippen molar-refractivity contribution < 1.29 is 14.3 Å². The van der Waals surface area contributed by atoms with Gasteiger partial charge in [-0.15, -0.1) is 0 Å². The van der Waals surface area contributed by atoms with E-state index in [-0.39, 0.29) is 18.2 Å². The van der Waals surface area contributed by atoms with Crippen molar-refractivity contribution in [1.82, 2.24) is 5.32 Å². The monoisotopic (exact) mass is 251 g/mol. The zero-order valence-corrected chi connectivity index (χ0v) is 10.2. The third kappa shape index (κ3) is 2.75. The van der Waals surface area contributed by atoms with Crippen molar-refractivity contribution >= 4 is 17.2 Å². The molecule has 0 saturated heterocycles. The number of aliphatic hydroxyl groups is 1. The van der Waals surface area contributed by atoms with Gasteiger partial charge in [0.2, 0.25) is 0 Å². The molecule has 0 bridgehead atoms. The van der Waals surface area contributed by atoms with E-state index in [1.54, 1.807) is 19.1 Å². The highest BCUT2D eigenvalue weighted by Gasteiger charge is 2.24. The predicted octanol–water partition coefficient (Wildman–Crippen LogP) is 1.98. The van der Waals surface area contributed by atoms with Crippen LogP contribution >= 0.6 is 11.3 Å². The second-order valence-corrected chi connectivity index (χ2v) is 4.73. The predicted molar refractivity (Wildman–Crippen MR) is 64.9 cm³/mol. The summed E-state index contributed by atoms with van der Waals surface area (Å²) in [5.41, 5.74) is -0.273. The second kappa shape index (κ2) is 4.73. The van der Waals surface area contributed by atoms with Gasteiger partial charge in [0.1, 0.15) is 5.60 Å². The van der Waals surface area contributed by atoms with Crippen LogP contribution in [0, 0.1) is 0 Å². The Hall–Kier alpha value is -1.59. The van der Waals surface area contributed by atoms with Crippen molar-refractivity contribution in [2.75, 3.05) is 6.54 Å². The largest absolute Gasteiger partial charge is 0.459 e. The number of carbonyl (C=O) groups is 1. The molecule has 2 aromatic rings. The zero-order chi connectivity index (χ0) is 12.3. The molecule has 2 rings (SSSR count). The number of thiophene rings is 1. The van der Waals surface area contributed by atoms with Crippen LogP contribution in [0.3, 0.4) is 0 Å². The van der Waals surface area contributed by atoms with E-state index in [2.05, 4.69) is 5.32 Å². The van der Waals surface area contributed by atoms with E-state index in [1.165, 1.54) is 17.6 Å². The Morgan fingerprint density at radius 3 is 3.00 bits per heavy atom. The molecule has 0 spiro atoms. The molecule has 1 atom stereocenters. The van der Waals surface area contributed by atoms with Gasteiger partial charge in [0.25, 0.3) is 5.91 Å². The Labute approximate surface area is 103 Å². The molecule has 0 fully saturated rings. The number of furan rings is 1. The van der Waals surface area contributed by atoms with Crippen LogP contribution in [0.1, 0.15) is 23.0 Å². The fraction of sp³-hybridized carbons (Fsp3) is 0.250. The standard InChI is InChI=1S/C12H13NO3S/c1-12(15,9-4-6-17-7-9)8-13-11(14)10-3-2-5-16-10/h2-7,15H,8H2,1H3,(H,13,14). The fourth-order valence-electron chi connectivity index (χ4n) is 1.42. The summed E-state index contributed by atoms with van der Waals surface area (Å²) in [6, 6.07) is 5.06. The summed E-state index contributed by atoms with van der Waals surface area (Å²) in [5, 5.41) is 16.6. The van der Waals surface area contributed by atoms with E-state index < -0.39 is 5.60 Å². The van der Waals surface area contributed by atoms with Crippen LogP contribution in [0.5, 0.6) is 0 Å². The van der Waals surface area contributed by atoms with Gasteiger partial charge in [-0.05, 0) is 41.4 Å². The van der Waals surface area contributed by atoms with Crippen molar-refractivity contribution in [3.63, 3.8) is 0 Å². The number of hydrogen-bond donors (Lipinski definition) is 2. The van der Waals surface area contributed by atoms with Gasteiger partial charge in [0.15, 0.2) is 5.76 Å². The van der Waals surface area contributed by atoms with Crippen molar-refractivity contribution in [2.45, 2.75) is 12.5 Å². The minimum atomic E-state index is -1.07. The summed E-state index contributed by atoms with van der Waals surface area (Å²) >= 11 is 1.51. The molecule has 5 heteroatoms. The van der Waals surface area contributed by atoms with E-state index in [0.717, 1.165) is 5.56 Å². The van der Waals surface area contributed by atoms with E-state index in [9.17, 15) is 9.90 Å². The Kier molecular flexibility index (Phi) is 3.31. The van der Waals surface area contributed by atoms with Crippen LogP contribution in [0.2, 0.25) is 0 Å². The maximum Gasteiger partial charge on any atom is 0.287 e. The Morgan fingerprint density at radius 2 is 2.41 bits per heavy atom. The highest BCUT2D eigenvalue weighted by atomic mass is 32.1. The molecular formula is C12H13NO3S. The molecule has 2 heterocycles. The topological polar surface area (TPSA) is 62.5 Å². The molecule has 0 aliphatic rings. The second-order valence-electron chi connectivity index (χ2n) is 3.95. The van der Waals surface area contributed by atoms with Gasteiger partial charge < -0.3 is 14.8 Å². The number of rotatable bonds is 4. The van der Waals surface area contributed by atoms with Crippen molar-refractivity contribution in [3.8, 4) is 0 Å². The average Bonchev–Trinajstić information content (AvgIpc) is 2.97. The molecule has 0 aliphatic carbocycles. The summed E-state index contributed by atoms with van der Waals surface area (Å²) in [4.78, 5) is 11.6. The summed E-state index contributed by atoms with van der Waals surface area (Å²) in [7, 11) is 0. The van der Waals surface area contributed by atoms with Gasteiger partial charge in [0.05, 0.1) is 12.8 Å². The van der Waals surface area contributed by atoms with Crippen LogP contribution in [0.4, 0.5) is 0 Å². The Morgan fingerprint density at radius 1 is 1.59 bits per heavy atom. The number of nitrogens with one attached hydrogen (secondary N) is 1. The Balaban J connectivity index is 1.96. The SMILES string of the molecule is CC(O)(CNC(=O)c1ccco1)c1ccsc1. The van der Waals surface area contributed by atoms with Crippen LogP contribution in [0.15, 0.2) is 39.6 Å². The van der Waals surface area contributed by atoms with Crippen molar-refractivity contribution in [1.29, 1.82) is 0 Å². The molecule has 0 aliphatic heterocycles. The summed E-state index contributed by atoms with van der Waals surface area (Å²) in [5.74, 6) is -0.0865. The molecule has 90 valence electrons. The molecule has 4 nitrogen and oxygen atoms in total. The molecular weight excluding hydrogens is 238 g/mol. The van der Waals surface area contributed by atoms with E-state index in [4.69, 9.17) is 4.42 Å². The number of amides is 1. The first-order chi connectivity index (χ1) is 8.09. The fourth-order valence-corrected chi connectivity index (χ4v) is 2.20. The molecule has 0 aromatic carbocycles. The first-order valence-corrected chi connectivity index (χ1v) is 6.10. The molecule has 2 aromatic heterocycles. The highest BCUT2D eigenvalue weighted by Crippen LogP contribution is 2.22. The quantitative estimate of drug-likeness (QED) is 0.873. The minimum Gasteiger partial charge on any atom is -0.459 e. The molecule has 1 amide bonds. The van der Waals surface area contributed by atoms with Gasteiger partial charge in [-0.1, -0.05) is 0 Å². The maximum atomic E-state index is 11.6. The number of carbonyl (C=O) groups excluding carboxylic acids is 1. The van der Waals surface area contributed by atoms with Gasteiger partial charge in [-0.25, -0.2) is 0 Å². The lowest BCUT2D eigenvalue weighted by molar-refractivity contribution is 0.0522. The van der Waals surface area contributed by atoms with Crippen LogP contribution in [0.25, 0.3) is 0 Å². The van der Waals surface area contributed by atoms with Gasteiger partial charge in [-0.3, -0.25) is 4.79 Å². The van der Waals surface area contributed by atoms with Gasteiger partial charge in [-0.2, -0.15) is 11.3 Å². The van der Waals surface area contributed by atoms with Crippen LogP contribution in [-0.4, -0.2) is 17.6 Å². The molecule has 2 N–H and O–H groups in total. The van der Waals surface area contributed by atoms with E-state index in [1.807, 2.05) is 16.8 Å². The van der Waals surface area contributed by atoms with E-state index >= 15 is 0 Å². The lowest BCUT2D eigenvalue weighted by Crippen LogP contribution is -2.38. The minimum absolute atomic E-state index is 0.142. The highest BCUT2D eigenvalue weighted by molar-refractivity contribution is 7.08. The van der Waals surface area contributed by atoms with Gasteiger partial charge >= 0.3 is 0 Å². The normalized spacial score (nSPS) is 14.2. The zero-order valence-electron chi connectivity index (χ0n) is 9.34. The number of hydrogen-bond acceptors (Lipinski definition) is 4. The van der Waals surface area contributed by atoms with Gasteiger partial charge in [0, 0.05) is 0 Å². The molecule has 0 radical (unpaired) electrons. The van der Waals surface area contributed by atoms with Crippen molar-refractivity contribution in [2.24, 2.45) is 0 Å². The van der Waals surface area contributed by atoms with Crippen molar-refractivity contribution in [3.05, 3.63) is 46.5 Å². The average molecular weight is 251 g/mol. The van der Waals surface area contributed by atoms with E-state index in [0.29, 0.717) is 0 Å². The maximum absolute atomic E-state index is 11.6.